The zero-order valence-corrected chi connectivity index (χ0v) is 22.9. The monoisotopic (exact) mass is 543 g/mol. The minimum absolute atomic E-state index is 0.189. The number of rotatable bonds is 7. The summed E-state index contributed by atoms with van der Waals surface area (Å²) < 4.78 is 18.7. The Morgan fingerprint density at radius 1 is 1.07 bits per heavy atom. The van der Waals surface area contributed by atoms with Crippen LogP contribution in [0.4, 0.5) is 16.3 Å². The van der Waals surface area contributed by atoms with E-state index < -0.39 is 6.03 Å². The number of carbonyl (C=O) groups excluding carboxylic acids is 1. The van der Waals surface area contributed by atoms with Crippen molar-refractivity contribution in [3.05, 3.63) is 60.5 Å². The third-order valence-electron chi connectivity index (χ3n) is 6.89. The number of fused-ring (bicyclic) bond motifs is 3. The zero-order valence-electron chi connectivity index (χ0n) is 22.9. The van der Waals surface area contributed by atoms with E-state index in [1.807, 2.05) is 73.8 Å². The quantitative estimate of drug-likeness (QED) is 0.260. The summed E-state index contributed by atoms with van der Waals surface area (Å²) in [5, 5.41) is 9.44. The highest BCUT2D eigenvalue weighted by Crippen LogP contribution is 2.27. The number of carbonyl (C=O) groups is 1. The standard InChI is InChI=1S/C29H33N7O4/c1-29(2,3)25-17-26(34-40-25)33-28(37)30-20-6-4-19(5-7-20)23-18-36-24-9-8-21(16-22(24)31-27(36)32-23)39-15-12-35-10-13-38-14-11-35/h4-9,16-18H,10-15H2,1-3H3,(H,31,32)(H2,30,33,34,37). The number of H-pyrrole nitrogens is 1. The molecule has 0 spiro atoms. The normalized spacial score (nSPS) is 14.6. The van der Waals surface area contributed by atoms with Gasteiger partial charge in [0.1, 0.15) is 18.1 Å². The van der Waals surface area contributed by atoms with Crippen LogP contribution in [0.2, 0.25) is 0 Å². The third kappa shape index (κ3) is 5.65. The molecule has 3 aromatic heterocycles. The molecule has 0 saturated carbocycles. The van der Waals surface area contributed by atoms with Crippen molar-refractivity contribution in [2.24, 2.45) is 0 Å². The summed E-state index contributed by atoms with van der Waals surface area (Å²) in [5.74, 6) is 2.63. The van der Waals surface area contributed by atoms with Crippen LogP contribution in [0.25, 0.3) is 28.1 Å². The lowest BCUT2D eigenvalue weighted by atomic mass is 9.93. The van der Waals surface area contributed by atoms with Crippen LogP contribution in [0.3, 0.4) is 0 Å². The topological polar surface area (TPSA) is 122 Å². The maximum absolute atomic E-state index is 12.4. The summed E-state index contributed by atoms with van der Waals surface area (Å²) in [6.07, 6.45) is 2.02. The van der Waals surface area contributed by atoms with Gasteiger partial charge in [-0.3, -0.25) is 14.6 Å². The molecular weight excluding hydrogens is 510 g/mol. The average molecular weight is 544 g/mol. The Balaban J connectivity index is 1.08. The molecule has 0 radical (unpaired) electrons. The maximum atomic E-state index is 12.4. The second-order valence-corrected chi connectivity index (χ2v) is 10.9. The number of imidazole rings is 2. The Labute approximate surface area is 231 Å². The van der Waals surface area contributed by atoms with Crippen molar-refractivity contribution in [3.63, 3.8) is 0 Å². The van der Waals surface area contributed by atoms with Gasteiger partial charge in [-0.15, -0.1) is 0 Å². The van der Waals surface area contributed by atoms with Crippen molar-refractivity contribution >= 4 is 34.3 Å². The molecule has 2 aromatic carbocycles. The molecule has 11 nitrogen and oxygen atoms in total. The van der Waals surface area contributed by atoms with E-state index in [1.165, 1.54) is 0 Å². The molecule has 0 atom stereocenters. The molecular formula is C29H33N7O4. The van der Waals surface area contributed by atoms with Gasteiger partial charge in [-0.2, -0.15) is 0 Å². The van der Waals surface area contributed by atoms with E-state index in [9.17, 15) is 4.79 Å². The molecule has 1 aliphatic heterocycles. The number of anilines is 2. The number of ether oxygens (including phenoxy) is 2. The second-order valence-electron chi connectivity index (χ2n) is 10.9. The number of hydrogen-bond acceptors (Lipinski definition) is 7. The summed E-state index contributed by atoms with van der Waals surface area (Å²) in [4.78, 5) is 22.9. The number of aromatic amines is 1. The summed E-state index contributed by atoms with van der Waals surface area (Å²) in [7, 11) is 0. The number of nitrogens with zero attached hydrogens (tertiary/aromatic N) is 4. The molecule has 6 rings (SSSR count). The minimum Gasteiger partial charge on any atom is -0.492 e. The molecule has 208 valence electrons. The predicted molar refractivity (Wildman–Crippen MR) is 153 cm³/mol. The highest BCUT2D eigenvalue weighted by molar-refractivity contribution is 5.99. The van der Waals surface area contributed by atoms with E-state index in [-0.39, 0.29) is 5.41 Å². The van der Waals surface area contributed by atoms with Gasteiger partial charge >= 0.3 is 6.03 Å². The van der Waals surface area contributed by atoms with Crippen LogP contribution in [0.5, 0.6) is 5.75 Å². The smallest absolute Gasteiger partial charge is 0.324 e. The Hall–Kier alpha value is -4.35. The van der Waals surface area contributed by atoms with Gasteiger partial charge in [0.05, 0.1) is 29.9 Å². The van der Waals surface area contributed by atoms with Crippen molar-refractivity contribution < 1.29 is 18.8 Å². The van der Waals surface area contributed by atoms with Gasteiger partial charge < -0.3 is 24.3 Å². The van der Waals surface area contributed by atoms with E-state index in [4.69, 9.17) is 19.0 Å². The third-order valence-corrected chi connectivity index (χ3v) is 6.89. The fraction of sp³-hybridized carbons (Fsp3) is 0.345. The number of aromatic nitrogens is 4. The summed E-state index contributed by atoms with van der Waals surface area (Å²) >= 11 is 0. The molecule has 40 heavy (non-hydrogen) atoms. The Morgan fingerprint density at radius 3 is 2.62 bits per heavy atom. The first-order valence-electron chi connectivity index (χ1n) is 13.4. The lowest BCUT2D eigenvalue weighted by Crippen LogP contribution is -2.38. The van der Waals surface area contributed by atoms with Gasteiger partial charge in [0, 0.05) is 49.1 Å². The van der Waals surface area contributed by atoms with Crippen LogP contribution in [-0.4, -0.2) is 69.9 Å². The first kappa shape index (κ1) is 25.9. The SMILES string of the molecule is CC(C)(C)c1cc(NC(=O)Nc2ccc(-c3cn4c(nc5cc(OCCN6CCOCC6)ccc54)[nH]3)cc2)no1. The number of hydrogen-bond donors (Lipinski definition) is 3. The van der Waals surface area contributed by atoms with Crippen molar-refractivity contribution in [1.82, 2.24) is 24.4 Å². The first-order valence-corrected chi connectivity index (χ1v) is 13.4. The zero-order chi connectivity index (χ0) is 27.7. The van der Waals surface area contributed by atoms with Crippen LogP contribution in [-0.2, 0) is 10.2 Å². The van der Waals surface area contributed by atoms with E-state index >= 15 is 0 Å². The molecule has 11 heteroatoms. The first-order chi connectivity index (χ1) is 19.3. The number of benzene rings is 2. The van der Waals surface area contributed by atoms with Gasteiger partial charge in [0.25, 0.3) is 0 Å². The van der Waals surface area contributed by atoms with Gasteiger partial charge in [-0.05, 0) is 29.8 Å². The minimum atomic E-state index is -0.393. The molecule has 1 fully saturated rings. The Kier molecular flexibility index (Phi) is 6.91. The van der Waals surface area contributed by atoms with Crippen LogP contribution >= 0.6 is 0 Å². The van der Waals surface area contributed by atoms with Crippen LogP contribution in [0.15, 0.2) is 59.3 Å². The van der Waals surface area contributed by atoms with Gasteiger partial charge in [0.2, 0.25) is 5.78 Å². The maximum Gasteiger partial charge on any atom is 0.324 e. The number of nitrogens with one attached hydrogen (secondary N) is 3. The predicted octanol–water partition coefficient (Wildman–Crippen LogP) is 5.12. The van der Waals surface area contributed by atoms with E-state index in [2.05, 4.69) is 25.7 Å². The molecule has 0 bridgehead atoms. The van der Waals surface area contributed by atoms with Crippen LogP contribution in [0, 0.1) is 0 Å². The Bertz CT molecular complexity index is 1620. The van der Waals surface area contributed by atoms with Crippen LogP contribution in [0.1, 0.15) is 26.5 Å². The van der Waals surface area contributed by atoms with Gasteiger partial charge in [-0.1, -0.05) is 38.1 Å². The van der Waals surface area contributed by atoms with E-state index in [0.29, 0.717) is 23.9 Å². The molecule has 3 N–H and O–H groups in total. The fourth-order valence-corrected chi connectivity index (χ4v) is 4.63. The van der Waals surface area contributed by atoms with Crippen molar-refractivity contribution in [3.8, 4) is 17.0 Å². The molecule has 5 aromatic rings. The lowest BCUT2D eigenvalue weighted by Gasteiger charge is -2.26. The number of amides is 2. The highest BCUT2D eigenvalue weighted by Gasteiger charge is 2.20. The fourth-order valence-electron chi connectivity index (χ4n) is 4.63. The van der Waals surface area contributed by atoms with Crippen LogP contribution < -0.4 is 15.4 Å². The van der Waals surface area contributed by atoms with Crippen molar-refractivity contribution in [2.45, 2.75) is 26.2 Å². The van der Waals surface area contributed by atoms with E-state index in [1.54, 1.807) is 6.07 Å². The van der Waals surface area contributed by atoms with Crippen molar-refractivity contribution in [2.75, 3.05) is 50.1 Å². The highest BCUT2D eigenvalue weighted by atomic mass is 16.5. The molecule has 0 unspecified atom stereocenters. The lowest BCUT2D eigenvalue weighted by molar-refractivity contribution is 0.0322. The van der Waals surface area contributed by atoms with Crippen molar-refractivity contribution in [1.29, 1.82) is 0 Å². The molecule has 1 aliphatic rings. The summed E-state index contributed by atoms with van der Waals surface area (Å²) in [6, 6.07) is 14.9. The Morgan fingerprint density at radius 2 is 1.88 bits per heavy atom. The van der Waals surface area contributed by atoms with Gasteiger partial charge in [-0.25, -0.2) is 9.78 Å². The van der Waals surface area contributed by atoms with Gasteiger partial charge in [0.15, 0.2) is 5.82 Å². The average Bonchev–Trinajstić information content (AvgIpc) is 3.64. The number of urea groups is 1. The molecule has 1 saturated heterocycles. The largest absolute Gasteiger partial charge is 0.492 e. The number of morpholine rings is 1. The van der Waals surface area contributed by atoms with E-state index in [0.717, 1.165) is 66.7 Å². The summed E-state index contributed by atoms with van der Waals surface area (Å²) in [6.45, 7) is 11.0. The second kappa shape index (κ2) is 10.7. The summed E-state index contributed by atoms with van der Waals surface area (Å²) in [5.41, 5.74) is 4.22. The molecule has 4 heterocycles. The molecule has 0 aliphatic carbocycles. The molecule has 2 amide bonds.